The van der Waals surface area contributed by atoms with E-state index < -0.39 is 0 Å². The molecule has 0 aromatic carbocycles. The van der Waals surface area contributed by atoms with Crippen LogP contribution in [0.25, 0.3) is 5.65 Å². The number of aromatic amines is 1. The van der Waals surface area contributed by atoms with E-state index in [1.807, 2.05) is 6.92 Å². The number of nitrogens with one attached hydrogen (secondary N) is 2. The minimum absolute atomic E-state index is 0.0967. The molecule has 0 aliphatic heterocycles. The highest BCUT2D eigenvalue weighted by molar-refractivity contribution is 5.48. The van der Waals surface area contributed by atoms with E-state index in [9.17, 15) is 4.79 Å². The van der Waals surface area contributed by atoms with Gasteiger partial charge in [0.25, 0.3) is 0 Å². The number of rotatable bonds is 4. The zero-order valence-electron chi connectivity index (χ0n) is 9.10. The van der Waals surface area contributed by atoms with Crippen LogP contribution in [-0.2, 0) is 4.74 Å². The van der Waals surface area contributed by atoms with E-state index in [1.165, 1.54) is 10.7 Å². The third kappa shape index (κ3) is 2.03. The van der Waals surface area contributed by atoms with E-state index in [2.05, 4.69) is 20.5 Å². The van der Waals surface area contributed by atoms with Crippen LogP contribution >= 0.6 is 0 Å². The Balaban J connectivity index is 2.17. The van der Waals surface area contributed by atoms with Gasteiger partial charge < -0.3 is 10.1 Å². The number of H-pyrrole nitrogens is 1. The van der Waals surface area contributed by atoms with Crippen LogP contribution in [-0.4, -0.2) is 39.3 Å². The molecule has 0 aliphatic rings. The molecule has 1 atom stereocenters. The molecule has 16 heavy (non-hydrogen) atoms. The van der Waals surface area contributed by atoms with E-state index in [4.69, 9.17) is 4.74 Å². The predicted molar refractivity (Wildman–Crippen MR) is 58.6 cm³/mol. The molecule has 0 saturated heterocycles. The summed E-state index contributed by atoms with van der Waals surface area (Å²) in [6.45, 7) is 2.60. The van der Waals surface area contributed by atoms with Gasteiger partial charge in [0.1, 0.15) is 12.1 Å². The van der Waals surface area contributed by atoms with E-state index in [1.54, 1.807) is 13.2 Å². The van der Waals surface area contributed by atoms with Gasteiger partial charge in [-0.25, -0.2) is 19.3 Å². The molecule has 2 N–H and O–H groups in total. The molecule has 2 aromatic heterocycles. The fourth-order valence-electron chi connectivity index (χ4n) is 1.24. The van der Waals surface area contributed by atoms with Gasteiger partial charge in [0.15, 0.2) is 5.65 Å². The summed E-state index contributed by atoms with van der Waals surface area (Å²) in [6.07, 6.45) is 1.53. The van der Waals surface area contributed by atoms with E-state index in [-0.39, 0.29) is 11.8 Å². The Labute approximate surface area is 91.5 Å². The van der Waals surface area contributed by atoms with Crippen molar-refractivity contribution >= 4 is 11.5 Å². The first kappa shape index (κ1) is 10.6. The molecule has 0 aliphatic carbocycles. The van der Waals surface area contributed by atoms with Crippen molar-refractivity contribution in [3.8, 4) is 0 Å². The van der Waals surface area contributed by atoms with E-state index >= 15 is 0 Å². The molecular weight excluding hydrogens is 210 g/mol. The lowest BCUT2D eigenvalue weighted by Crippen LogP contribution is -2.19. The highest BCUT2D eigenvalue weighted by Crippen LogP contribution is 2.04. The van der Waals surface area contributed by atoms with E-state index in [0.29, 0.717) is 18.0 Å². The van der Waals surface area contributed by atoms with Crippen LogP contribution in [0.4, 0.5) is 5.82 Å². The molecule has 0 amide bonds. The Morgan fingerprint density at radius 3 is 3.25 bits per heavy atom. The fraction of sp³-hybridized carbons (Fsp3) is 0.444. The fourth-order valence-corrected chi connectivity index (χ4v) is 1.24. The average molecular weight is 223 g/mol. The molecule has 0 saturated carbocycles. The number of nitrogens with zero attached hydrogens (tertiary/aromatic N) is 3. The normalized spacial score (nSPS) is 12.9. The second-order valence-corrected chi connectivity index (χ2v) is 3.46. The third-order valence-corrected chi connectivity index (χ3v) is 2.28. The van der Waals surface area contributed by atoms with Gasteiger partial charge in [0, 0.05) is 19.7 Å². The van der Waals surface area contributed by atoms with Crippen molar-refractivity contribution in [3.63, 3.8) is 0 Å². The molecule has 0 spiro atoms. The van der Waals surface area contributed by atoms with Crippen LogP contribution < -0.4 is 11.0 Å². The number of ether oxygens (including phenoxy) is 1. The van der Waals surface area contributed by atoms with Gasteiger partial charge in [-0.15, -0.1) is 0 Å². The maximum atomic E-state index is 11.2. The minimum Gasteiger partial charge on any atom is -0.380 e. The molecule has 2 rings (SSSR count). The number of methoxy groups -OCH3 is 1. The highest BCUT2D eigenvalue weighted by Gasteiger charge is 2.03. The first-order valence-electron chi connectivity index (χ1n) is 4.90. The van der Waals surface area contributed by atoms with Gasteiger partial charge in [-0.05, 0) is 6.92 Å². The van der Waals surface area contributed by atoms with Crippen molar-refractivity contribution < 1.29 is 4.74 Å². The zero-order chi connectivity index (χ0) is 11.5. The van der Waals surface area contributed by atoms with Gasteiger partial charge in [-0.1, -0.05) is 0 Å². The van der Waals surface area contributed by atoms with Gasteiger partial charge in [-0.3, -0.25) is 0 Å². The monoisotopic (exact) mass is 223 g/mol. The summed E-state index contributed by atoms with van der Waals surface area (Å²) in [7, 11) is 1.65. The van der Waals surface area contributed by atoms with Gasteiger partial charge >= 0.3 is 5.69 Å². The van der Waals surface area contributed by atoms with Crippen molar-refractivity contribution in [3.05, 3.63) is 22.9 Å². The molecule has 0 radical (unpaired) electrons. The van der Waals surface area contributed by atoms with E-state index in [0.717, 1.165) is 0 Å². The largest absolute Gasteiger partial charge is 0.380 e. The summed E-state index contributed by atoms with van der Waals surface area (Å²) in [4.78, 5) is 15.2. The average Bonchev–Trinajstić information content (AvgIpc) is 2.67. The van der Waals surface area contributed by atoms with Crippen molar-refractivity contribution in [2.45, 2.75) is 13.0 Å². The molecule has 7 heteroatoms. The Bertz CT molecular complexity index is 532. The van der Waals surface area contributed by atoms with Crippen molar-refractivity contribution in [2.24, 2.45) is 0 Å². The second kappa shape index (κ2) is 4.31. The third-order valence-electron chi connectivity index (χ3n) is 2.28. The van der Waals surface area contributed by atoms with Gasteiger partial charge in [0.05, 0.1) is 6.10 Å². The van der Waals surface area contributed by atoms with Crippen molar-refractivity contribution in [1.82, 2.24) is 19.6 Å². The lowest BCUT2D eigenvalue weighted by molar-refractivity contribution is 0.128. The maximum Gasteiger partial charge on any atom is 0.348 e. The topological polar surface area (TPSA) is 84.3 Å². The zero-order valence-corrected chi connectivity index (χ0v) is 9.10. The van der Waals surface area contributed by atoms with Crippen LogP contribution in [0.1, 0.15) is 6.92 Å². The van der Waals surface area contributed by atoms with Crippen molar-refractivity contribution in [1.29, 1.82) is 0 Å². The lowest BCUT2D eigenvalue weighted by atomic mass is 10.4. The maximum absolute atomic E-state index is 11.2. The van der Waals surface area contributed by atoms with Crippen molar-refractivity contribution in [2.75, 3.05) is 19.0 Å². The summed E-state index contributed by atoms with van der Waals surface area (Å²) in [5.41, 5.74) is 0.242. The van der Waals surface area contributed by atoms with Crippen LogP contribution in [0.3, 0.4) is 0 Å². The number of aromatic nitrogens is 4. The van der Waals surface area contributed by atoms with Gasteiger partial charge in [-0.2, -0.15) is 5.10 Å². The predicted octanol–water partition coefficient (Wildman–Crippen LogP) is -0.136. The number of fused-ring (bicyclic) bond motifs is 1. The number of anilines is 1. The standard InChI is InChI=1S/C9H13N5O2/c1-6(16-2)4-10-7-3-8-12-13-9(15)14(8)5-11-7/h3,5-6,10H,4H2,1-2H3,(H,13,15). The quantitative estimate of drug-likeness (QED) is 0.754. The molecule has 2 heterocycles. The van der Waals surface area contributed by atoms with Crippen LogP contribution in [0.5, 0.6) is 0 Å². The molecule has 7 nitrogen and oxygen atoms in total. The minimum atomic E-state index is -0.292. The summed E-state index contributed by atoms with van der Waals surface area (Å²) < 4.78 is 6.43. The smallest absolute Gasteiger partial charge is 0.348 e. The summed E-state index contributed by atoms with van der Waals surface area (Å²) in [6, 6.07) is 1.69. The molecule has 1 unspecified atom stereocenters. The summed E-state index contributed by atoms with van der Waals surface area (Å²) in [5, 5.41) is 9.28. The lowest BCUT2D eigenvalue weighted by Gasteiger charge is -2.10. The summed E-state index contributed by atoms with van der Waals surface area (Å²) in [5.74, 6) is 0.662. The Morgan fingerprint density at radius 2 is 2.50 bits per heavy atom. The molecule has 0 fully saturated rings. The van der Waals surface area contributed by atoms with Crippen LogP contribution in [0.15, 0.2) is 17.2 Å². The van der Waals surface area contributed by atoms with Crippen LogP contribution in [0.2, 0.25) is 0 Å². The summed E-state index contributed by atoms with van der Waals surface area (Å²) >= 11 is 0. The Morgan fingerprint density at radius 1 is 1.69 bits per heavy atom. The molecule has 86 valence electrons. The highest BCUT2D eigenvalue weighted by atomic mass is 16.5. The first-order chi connectivity index (χ1) is 7.70. The van der Waals surface area contributed by atoms with Gasteiger partial charge in [0.2, 0.25) is 0 Å². The molecule has 0 bridgehead atoms. The number of hydrogen-bond acceptors (Lipinski definition) is 5. The second-order valence-electron chi connectivity index (χ2n) is 3.46. The van der Waals surface area contributed by atoms with Crippen LogP contribution in [0, 0.1) is 0 Å². The number of hydrogen-bond donors (Lipinski definition) is 2. The molecule has 2 aromatic rings. The first-order valence-corrected chi connectivity index (χ1v) is 4.90. The Kier molecular flexibility index (Phi) is 2.86. The SMILES string of the molecule is COC(C)CNc1cc2n[nH]c(=O)n2cn1. The Hall–Kier alpha value is -1.89. The molecular formula is C9H13N5O2.